The molecule has 0 saturated carbocycles. The molecule has 0 aliphatic heterocycles. The van der Waals surface area contributed by atoms with Crippen LogP contribution in [0.2, 0.25) is 0 Å². The molecule has 0 aromatic carbocycles. The minimum Gasteiger partial charge on any atom is -0.481 e. The highest BCUT2D eigenvalue weighted by atomic mass is 16.4. The molecular formula is C14H15NO8. The minimum absolute atomic E-state index is 0.0272. The van der Waals surface area contributed by atoms with E-state index in [1.807, 2.05) is 0 Å². The van der Waals surface area contributed by atoms with E-state index >= 15 is 0 Å². The summed E-state index contributed by atoms with van der Waals surface area (Å²) >= 11 is 0. The average Bonchev–Trinajstić information content (AvgIpc) is 2.41. The highest BCUT2D eigenvalue weighted by Crippen LogP contribution is 2.26. The van der Waals surface area contributed by atoms with Gasteiger partial charge in [0, 0.05) is 5.69 Å². The maximum absolute atomic E-state index is 11.2. The lowest BCUT2D eigenvalue weighted by atomic mass is 9.92. The summed E-state index contributed by atoms with van der Waals surface area (Å²) in [5, 5.41) is 35.7. The fourth-order valence-corrected chi connectivity index (χ4v) is 2.15. The lowest BCUT2D eigenvalue weighted by Gasteiger charge is -2.16. The summed E-state index contributed by atoms with van der Waals surface area (Å²) in [7, 11) is 0. The van der Waals surface area contributed by atoms with Crippen LogP contribution in [0, 0.1) is 6.92 Å². The van der Waals surface area contributed by atoms with E-state index in [0.29, 0.717) is 0 Å². The summed E-state index contributed by atoms with van der Waals surface area (Å²) in [4.78, 5) is 47.8. The molecular weight excluding hydrogens is 310 g/mol. The second kappa shape index (κ2) is 7.34. The molecule has 1 aromatic rings. The van der Waals surface area contributed by atoms with Gasteiger partial charge in [0.05, 0.1) is 24.5 Å². The van der Waals surface area contributed by atoms with Crippen molar-refractivity contribution in [2.24, 2.45) is 0 Å². The molecule has 9 nitrogen and oxygen atoms in total. The summed E-state index contributed by atoms with van der Waals surface area (Å²) in [5.74, 6) is -8.01. The summed E-state index contributed by atoms with van der Waals surface area (Å²) in [6.45, 7) is 1.41. The van der Waals surface area contributed by atoms with Crippen molar-refractivity contribution in [3.63, 3.8) is 0 Å². The summed E-state index contributed by atoms with van der Waals surface area (Å²) in [5.41, 5.74) is 0.261. The third-order valence-corrected chi connectivity index (χ3v) is 3.23. The van der Waals surface area contributed by atoms with E-state index < -0.39 is 48.6 Å². The Morgan fingerprint density at radius 2 is 1.39 bits per heavy atom. The van der Waals surface area contributed by atoms with Crippen LogP contribution in [-0.2, 0) is 19.2 Å². The van der Waals surface area contributed by atoms with Gasteiger partial charge in [-0.3, -0.25) is 24.2 Å². The number of aromatic nitrogens is 1. The number of aryl methyl sites for hydroxylation is 1. The smallest absolute Gasteiger partial charge is 0.313 e. The van der Waals surface area contributed by atoms with Crippen LogP contribution >= 0.6 is 0 Å². The predicted molar refractivity (Wildman–Crippen MR) is 74.2 cm³/mol. The first-order chi connectivity index (χ1) is 10.6. The molecule has 4 N–H and O–H groups in total. The number of pyridine rings is 1. The van der Waals surface area contributed by atoms with Gasteiger partial charge in [0.25, 0.3) is 0 Å². The first-order valence-corrected chi connectivity index (χ1v) is 6.50. The van der Waals surface area contributed by atoms with E-state index in [9.17, 15) is 19.2 Å². The van der Waals surface area contributed by atoms with E-state index in [-0.39, 0.29) is 17.0 Å². The predicted octanol–water partition coefficient (Wildman–Crippen LogP) is 0.676. The molecule has 0 fully saturated rings. The van der Waals surface area contributed by atoms with E-state index in [1.165, 1.54) is 19.1 Å². The fraction of sp³-hybridized carbons (Fsp3) is 0.357. The highest BCUT2D eigenvalue weighted by Gasteiger charge is 2.28. The number of carboxylic acids is 4. The maximum Gasteiger partial charge on any atom is 0.313 e. The topological polar surface area (TPSA) is 162 Å². The Balaban J connectivity index is 3.22. The van der Waals surface area contributed by atoms with Crippen LogP contribution in [0.5, 0.6) is 0 Å². The van der Waals surface area contributed by atoms with Gasteiger partial charge in [-0.05, 0) is 18.6 Å². The first-order valence-electron chi connectivity index (χ1n) is 6.50. The third-order valence-electron chi connectivity index (χ3n) is 3.23. The van der Waals surface area contributed by atoms with Crippen molar-refractivity contribution in [3.05, 3.63) is 29.1 Å². The average molecular weight is 325 g/mol. The lowest BCUT2D eigenvalue weighted by Crippen LogP contribution is -2.20. The Bertz CT molecular complexity index is 654. The van der Waals surface area contributed by atoms with Crippen LogP contribution in [0.3, 0.4) is 0 Å². The van der Waals surface area contributed by atoms with Crippen molar-refractivity contribution >= 4 is 23.9 Å². The van der Waals surface area contributed by atoms with Crippen molar-refractivity contribution in [2.45, 2.75) is 31.6 Å². The van der Waals surface area contributed by atoms with Crippen molar-refractivity contribution < 1.29 is 39.6 Å². The van der Waals surface area contributed by atoms with Gasteiger partial charge in [-0.1, -0.05) is 6.07 Å². The van der Waals surface area contributed by atoms with Gasteiger partial charge in [-0.15, -0.1) is 0 Å². The second-order valence-corrected chi connectivity index (χ2v) is 4.89. The molecule has 0 aliphatic carbocycles. The van der Waals surface area contributed by atoms with Crippen LogP contribution in [0.15, 0.2) is 12.1 Å². The molecule has 0 spiro atoms. The van der Waals surface area contributed by atoms with Crippen molar-refractivity contribution in [3.8, 4) is 0 Å². The van der Waals surface area contributed by atoms with Crippen LogP contribution in [0.25, 0.3) is 0 Å². The Hall–Kier alpha value is -2.97. The van der Waals surface area contributed by atoms with Crippen LogP contribution in [-0.4, -0.2) is 49.3 Å². The Morgan fingerprint density at radius 3 is 1.78 bits per heavy atom. The van der Waals surface area contributed by atoms with Crippen LogP contribution in [0.4, 0.5) is 0 Å². The summed E-state index contributed by atoms with van der Waals surface area (Å²) in [6.07, 6.45) is -1.31. The van der Waals surface area contributed by atoms with Gasteiger partial charge in [0.2, 0.25) is 0 Å². The van der Waals surface area contributed by atoms with Crippen molar-refractivity contribution in [1.29, 1.82) is 0 Å². The molecule has 0 aliphatic rings. The number of rotatable bonds is 8. The number of hydrogen-bond acceptors (Lipinski definition) is 5. The van der Waals surface area contributed by atoms with E-state index in [0.717, 1.165) is 0 Å². The SMILES string of the molecule is Cc1nc(C(CC(=O)O)C(=O)O)ccc1C(CC(=O)O)C(=O)O. The van der Waals surface area contributed by atoms with E-state index in [1.54, 1.807) is 0 Å². The molecule has 0 amide bonds. The first kappa shape index (κ1) is 18.1. The van der Waals surface area contributed by atoms with Crippen molar-refractivity contribution in [2.75, 3.05) is 0 Å². The Morgan fingerprint density at radius 1 is 0.913 bits per heavy atom. The molecule has 1 heterocycles. The molecule has 9 heteroatoms. The molecule has 1 rings (SSSR count). The number of carbonyl (C=O) groups is 4. The monoisotopic (exact) mass is 325 g/mol. The van der Waals surface area contributed by atoms with Gasteiger partial charge in [0.15, 0.2) is 0 Å². The zero-order valence-electron chi connectivity index (χ0n) is 12.1. The lowest BCUT2D eigenvalue weighted by molar-refractivity contribution is -0.145. The van der Waals surface area contributed by atoms with Gasteiger partial charge in [-0.2, -0.15) is 0 Å². The van der Waals surface area contributed by atoms with Crippen LogP contribution < -0.4 is 0 Å². The molecule has 0 bridgehead atoms. The molecule has 1 aromatic heterocycles. The fourth-order valence-electron chi connectivity index (χ4n) is 2.15. The number of hydrogen-bond donors (Lipinski definition) is 4. The van der Waals surface area contributed by atoms with Gasteiger partial charge >= 0.3 is 23.9 Å². The maximum atomic E-state index is 11.2. The Labute approximate surface area is 130 Å². The van der Waals surface area contributed by atoms with Gasteiger partial charge in [0.1, 0.15) is 5.92 Å². The largest absolute Gasteiger partial charge is 0.481 e. The standard InChI is InChI=1S/C14H15NO8/c1-6-7(8(13(20)21)4-11(16)17)2-3-10(15-6)9(14(22)23)5-12(18)19/h2-3,8-9H,4-5H2,1H3,(H,16,17)(H,18,19)(H,20,21)(H,22,23). The molecule has 124 valence electrons. The van der Waals surface area contributed by atoms with Crippen LogP contribution in [0.1, 0.15) is 41.6 Å². The van der Waals surface area contributed by atoms with Gasteiger partial charge < -0.3 is 20.4 Å². The Kier molecular flexibility index (Phi) is 5.77. The minimum atomic E-state index is -1.37. The second-order valence-electron chi connectivity index (χ2n) is 4.89. The molecule has 2 unspecified atom stereocenters. The van der Waals surface area contributed by atoms with Crippen molar-refractivity contribution in [1.82, 2.24) is 4.98 Å². The highest BCUT2D eigenvalue weighted by molar-refractivity contribution is 5.83. The van der Waals surface area contributed by atoms with E-state index in [2.05, 4.69) is 4.98 Å². The zero-order chi connectivity index (χ0) is 17.7. The molecule has 2 atom stereocenters. The third kappa shape index (κ3) is 4.77. The summed E-state index contributed by atoms with van der Waals surface area (Å²) in [6, 6.07) is 2.49. The normalized spacial score (nSPS) is 13.1. The molecule has 0 radical (unpaired) electrons. The van der Waals surface area contributed by atoms with Gasteiger partial charge in [-0.25, -0.2) is 0 Å². The number of carboxylic acid groups (broad SMARTS) is 4. The summed E-state index contributed by atoms with van der Waals surface area (Å²) < 4.78 is 0. The number of aliphatic carboxylic acids is 4. The molecule has 0 saturated heterocycles. The quantitative estimate of drug-likeness (QED) is 0.538. The molecule has 23 heavy (non-hydrogen) atoms. The number of nitrogens with zero attached hydrogens (tertiary/aromatic N) is 1. The zero-order valence-corrected chi connectivity index (χ0v) is 12.1. The van der Waals surface area contributed by atoms with E-state index in [4.69, 9.17) is 20.4 Å².